The Balaban J connectivity index is 1.27. The Morgan fingerprint density at radius 3 is 2.61 bits per heavy atom. The van der Waals surface area contributed by atoms with Gasteiger partial charge in [0.15, 0.2) is 5.58 Å². The quantitative estimate of drug-likeness (QED) is 0.707. The molecular weight excluding hydrogens is 350 g/mol. The largest absolute Gasteiger partial charge is 0.356 e. The number of para-hydroxylation sites is 1. The van der Waals surface area contributed by atoms with Crippen molar-refractivity contribution < 1.29 is 9.32 Å². The molecule has 0 spiro atoms. The summed E-state index contributed by atoms with van der Waals surface area (Å²) < 4.78 is 5.26. The molecule has 3 aromatic rings. The summed E-state index contributed by atoms with van der Waals surface area (Å²) in [7, 11) is 0. The minimum Gasteiger partial charge on any atom is -0.356 e. The maximum absolute atomic E-state index is 12.3. The lowest BCUT2D eigenvalue weighted by atomic mass is 9.99. The van der Waals surface area contributed by atoms with Crippen LogP contribution in [-0.4, -0.2) is 29.1 Å². The van der Waals surface area contributed by atoms with Gasteiger partial charge in [-0.15, -0.1) is 0 Å². The van der Waals surface area contributed by atoms with Crippen LogP contribution in [0.2, 0.25) is 0 Å². The fourth-order valence-electron chi connectivity index (χ4n) is 3.72. The van der Waals surface area contributed by atoms with Crippen molar-refractivity contribution in [3.8, 4) is 0 Å². The second kappa shape index (κ2) is 8.57. The number of nitrogens with one attached hydrogen (secondary N) is 1. The van der Waals surface area contributed by atoms with E-state index in [2.05, 4.69) is 46.6 Å². The third-order valence-electron chi connectivity index (χ3n) is 5.58. The lowest BCUT2D eigenvalue weighted by Crippen LogP contribution is -2.32. The third-order valence-corrected chi connectivity index (χ3v) is 5.58. The topological polar surface area (TPSA) is 58.4 Å². The van der Waals surface area contributed by atoms with E-state index < -0.39 is 0 Å². The van der Waals surface area contributed by atoms with E-state index in [4.69, 9.17) is 4.52 Å². The maximum atomic E-state index is 12.3. The lowest BCUT2D eigenvalue weighted by Gasteiger charge is -2.30. The van der Waals surface area contributed by atoms with Crippen molar-refractivity contribution in [2.75, 3.05) is 13.1 Å². The minimum absolute atomic E-state index is 0.0504. The van der Waals surface area contributed by atoms with Crippen LogP contribution in [0.4, 0.5) is 0 Å². The van der Waals surface area contributed by atoms with Crippen LogP contribution in [0.15, 0.2) is 53.1 Å². The number of carbonyl (C=O) groups is 1. The lowest BCUT2D eigenvalue weighted by molar-refractivity contribution is -0.120. The van der Waals surface area contributed by atoms with Gasteiger partial charge in [-0.3, -0.25) is 9.69 Å². The van der Waals surface area contributed by atoms with E-state index in [9.17, 15) is 4.79 Å². The molecule has 1 aliphatic rings. The number of likely N-dealkylation sites (tertiary alicyclic amines) is 1. The van der Waals surface area contributed by atoms with Crippen LogP contribution in [0.3, 0.4) is 0 Å². The van der Waals surface area contributed by atoms with Crippen molar-refractivity contribution in [2.45, 2.75) is 39.3 Å². The average molecular weight is 377 g/mol. The van der Waals surface area contributed by atoms with E-state index in [1.165, 1.54) is 31.5 Å². The summed E-state index contributed by atoms with van der Waals surface area (Å²) in [6.07, 6.45) is 2.82. The number of aromatic nitrogens is 1. The maximum Gasteiger partial charge on any atom is 0.226 e. The van der Waals surface area contributed by atoms with Crippen molar-refractivity contribution in [1.29, 1.82) is 0 Å². The van der Waals surface area contributed by atoms with E-state index in [-0.39, 0.29) is 12.3 Å². The summed E-state index contributed by atoms with van der Waals surface area (Å²) in [6.45, 7) is 6.26. The zero-order valence-corrected chi connectivity index (χ0v) is 16.4. The van der Waals surface area contributed by atoms with Gasteiger partial charge in [0.2, 0.25) is 5.91 Å². The fraction of sp³-hybridized carbons (Fsp3) is 0.391. The number of hydrogen-bond donors (Lipinski definition) is 1. The van der Waals surface area contributed by atoms with Gasteiger partial charge in [-0.1, -0.05) is 48.5 Å². The van der Waals surface area contributed by atoms with Crippen LogP contribution in [0.1, 0.15) is 36.6 Å². The number of hydrogen-bond acceptors (Lipinski definition) is 4. The molecule has 146 valence electrons. The predicted molar refractivity (Wildman–Crippen MR) is 110 cm³/mol. The number of fused-ring (bicyclic) bond motifs is 1. The normalized spacial score (nSPS) is 15.8. The first-order valence-electron chi connectivity index (χ1n) is 10.1. The summed E-state index contributed by atoms with van der Waals surface area (Å²) in [5, 5.41) is 7.90. The van der Waals surface area contributed by atoms with Crippen LogP contribution >= 0.6 is 0 Å². The number of rotatable bonds is 6. The molecule has 1 amide bonds. The van der Waals surface area contributed by atoms with Crippen molar-refractivity contribution in [3.05, 3.63) is 65.4 Å². The van der Waals surface area contributed by atoms with Gasteiger partial charge in [-0.25, -0.2) is 0 Å². The number of amides is 1. The highest BCUT2D eigenvalue weighted by molar-refractivity contribution is 5.86. The predicted octanol–water partition coefficient (Wildman–Crippen LogP) is 3.92. The second-order valence-corrected chi connectivity index (χ2v) is 7.85. The van der Waals surface area contributed by atoms with E-state index >= 15 is 0 Å². The molecular formula is C23H27N3O2. The molecule has 1 saturated heterocycles. The molecule has 5 nitrogen and oxygen atoms in total. The molecule has 1 N–H and O–H groups in total. The Labute approximate surface area is 165 Å². The molecule has 5 heteroatoms. The summed E-state index contributed by atoms with van der Waals surface area (Å²) >= 11 is 0. The van der Waals surface area contributed by atoms with Crippen LogP contribution < -0.4 is 5.32 Å². The first-order chi connectivity index (χ1) is 13.7. The molecule has 1 aromatic heterocycles. The summed E-state index contributed by atoms with van der Waals surface area (Å²) in [5.74, 6) is 0.808. The van der Waals surface area contributed by atoms with Crippen molar-refractivity contribution in [1.82, 2.24) is 15.4 Å². The molecule has 0 atom stereocenters. The Bertz CT molecular complexity index is 924. The highest BCUT2D eigenvalue weighted by atomic mass is 16.5. The second-order valence-electron chi connectivity index (χ2n) is 7.85. The Morgan fingerprint density at radius 2 is 1.82 bits per heavy atom. The summed E-state index contributed by atoms with van der Waals surface area (Å²) in [6, 6.07) is 16.2. The van der Waals surface area contributed by atoms with E-state index in [0.717, 1.165) is 23.4 Å². The Morgan fingerprint density at radius 1 is 1.11 bits per heavy atom. The summed E-state index contributed by atoms with van der Waals surface area (Å²) in [4.78, 5) is 14.8. The highest BCUT2D eigenvalue weighted by Crippen LogP contribution is 2.19. The van der Waals surface area contributed by atoms with Gasteiger partial charge in [-0.2, -0.15) is 0 Å². The smallest absolute Gasteiger partial charge is 0.226 e. The Kier molecular flexibility index (Phi) is 5.72. The minimum atomic E-state index is -0.0504. The van der Waals surface area contributed by atoms with Crippen LogP contribution in [0.25, 0.3) is 11.0 Å². The SMILES string of the molecule is CC1CCN(Cc2ccc(CNC(=O)Cc3noc4ccccc34)cc2)CC1. The molecule has 0 bridgehead atoms. The Hall–Kier alpha value is -2.66. The first kappa shape index (κ1) is 18.7. The molecule has 0 radical (unpaired) electrons. The highest BCUT2D eigenvalue weighted by Gasteiger charge is 2.15. The van der Waals surface area contributed by atoms with Crippen LogP contribution in [0, 0.1) is 5.92 Å². The van der Waals surface area contributed by atoms with E-state index in [1.807, 2.05) is 24.3 Å². The molecule has 0 aliphatic carbocycles. The van der Waals surface area contributed by atoms with E-state index in [1.54, 1.807) is 0 Å². The number of carbonyl (C=O) groups excluding carboxylic acids is 1. The van der Waals surface area contributed by atoms with Crippen molar-refractivity contribution in [2.24, 2.45) is 5.92 Å². The molecule has 0 unspecified atom stereocenters. The number of benzene rings is 2. The van der Waals surface area contributed by atoms with Gasteiger partial charge in [0.1, 0.15) is 5.69 Å². The first-order valence-corrected chi connectivity index (χ1v) is 10.1. The molecule has 1 fully saturated rings. The van der Waals surface area contributed by atoms with Gasteiger partial charge in [0.25, 0.3) is 0 Å². The standard InChI is InChI=1S/C23H27N3O2/c1-17-10-12-26(13-11-17)16-19-8-6-18(7-9-19)15-24-23(27)14-21-20-4-2-3-5-22(20)28-25-21/h2-9,17H,10-16H2,1H3,(H,24,27). The molecule has 2 heterocycles. The van der Waals surface area contributed by atoms with Gasteiger partial charge < -0.3 is 9.84 Å². The zero-order valence-electron chi connectivity index (χ0n) is 16.4. The third kappa shape index (κ3) is 4.60. The molecule has 28 heavy (non-hydrogen) atoms. The van der Waals surface area contributed by atoms with Gasteiger partial charge in [0.05, 0.1) is 6.42 Å². The van der Waals surface area contributed by atoms with Crippen LogP contribution in [-0.2, 0) is 24.3 Å². The van der Waals surface area contributed by atoms with Crippen molar-refractivity contribution in [3.63, 3.8) is 0 Å². The van der Waals surface area contributed by atoms with Crippen molar-refractivity contribution >= 4 is 16.9 Å². The monoisotopic (exact) mass is 377 g/mol. The van der Waals surface area contributed by atoms with E-state index in [0.29, 0.717) is 17.8 Å². The van der Waals surface area contributed by atoms with Gasteiger partial charge in [-0.05, 0) is 55.1 Å². The number of piperidine rings is 1. The summed E-state index contributed by atoms with van der Waals surface area (Å²) in [5.41, 5.74) is 3.83. The number of nitrogens with zero attached hydrogens (tertiary/aromatic N) is 2. The molecule has 0 saturated carbocycles. The van der Waals surface area contributed by atoms with Crippen LogP contribution in [0.5, 0.6) is 0 Å². The zero-order chi connectivity index (χ0) is 19.3. The fourth-order valence-corrected chi connectivity index (χ4v) is 3.72. The average Bonchev–Trinajstić information content (AvgIpc) is 3.12. The molecule has 1 aliphatic heterocycles. The van der Waals surface area contributed by atoms with Gasteiger partial charge >= 0.3 is 0 Å². The molecule has 2 aromatic carbocycles. The molecule has 4 rings (SSSR count). The van der Waals surface area contributed by atoms with Gasteiger partial charge in [0, 0.05) is 18.5 Å².